The Labute approximate surface area is 53.6 Å². The molecule has 0 aromatic heterocycles. The van der Waals surface area contributed by atoms with Crippen LogP contribution in [-0.2, 0) is 0 Å². The van der Waals surface area contributed by atoms with E-state index in [1.54, 1.807) is 0 Å². The Morgan fingerprint density at radius 1 is 1.17 bits per heavy atom. The van der Waals surface area contributed by atoms with E-state index in [1.807, 2.05) is 0 Å². The van der Waals surface area contributed by atoms with Gasteiger partial charge in [0.25, 0.3) is 0 Å². The first-order valence-electron chi connectivity index (χ1n) is 0.783. The number of rotatable bonds is 0. The minimum absolute atomic E-state index is 0. The van der Waals surface area contributed by atoms with Crippen molar-refractivity contribution in [2.45, 2.75) is 0 Å². The molecule has 6 heavy (non-hydrogen) atoms. The Kier molecular flexibility index (Phi) is 5.55. The molecule has 0 aromatic rings. The van der Waals surface area contributed by atoms with Crippen molar-refractivity contribution in [1.82, 2.24) is 0 Å². The Hall–Kier alpha value is 1.22. The Morgan fingerprint density at radius 3 is 1.17 bits per heavy atom. The Balaban J connectivity index is 0. The van der Waals surface area contributed by atoms with E-state index in [-0.39, 0.29) is 18.0 Å². The first kappa shape index (κ1) is 10.2. The van der Waals surface area contributed by atoms with Crippen molar-refractivity contribution in [2.75, 3.05) is 0 Å². The van der Waals surface area contributed by atoms with E-state index < -0.39 is 12.9 Å². The van der Waals surface area contributed by atoms with Gasteiger partial charge in [-0.3, -0.25) is 0 Å². The summed E-state index contributed by atoms with van der Waals surface area (Å²) in [6.45, 7) is 0. The predicted molar refractivity (Wildman–Crippen MR) is 29.9 cm³/mol. The van der Waals surface area contributed by atoms with E-state index in [0.29, 0.717) is 0 Å². The third-order valence-corrected chi connectivity index (χ3v) is 0. The fourth-order valence-corrected chi connectivity index (χ4v) is 0. The normalized spacial score (nSPS) is 9.83. The molecule has 6 heteroatoms. The summed E-state index contributed by atoms with van der Waals surface area (Å²) in [7, 11) is 3.66. The quantitative estimate of drug-likeness (QED) is 0.404. The van der Waals surface area contributed by atoms with Crippen LogP contribution in [-0.4, -0.2) is 43.1 Å². The van der Waals surface area contributed by atoms with E-state index >= 15 is 0 Å². The van der Waals surface area contributed by atoms with Crippen LogP contribution >= 0.6 is 10.4 Å². The predicted octanol–water partition coefficient (Wildman–Crippen LogP) is -2.59. The van der Waals surface area contributed by atoms with Crippen LogP contribution in [0.3, 0.4) is 0 Å². The summed E-state index contributed by atoms with van der Waals surface area (Å²) in [6, 6.07) is 0. The molecular formula is H6As2O3S. The molecule has 0 heterocycles. The van der Waals surface area contributed by atoms with Crippen molar-refractivity contribution in [3.8, 4) is 0 Å². The summed E-state index contributed by atoms with van der Waals surface area (Å²) in [4.78, 5) is 0. The molecule has 0 aliphatic heterocycles. The molecule has 0 amide bonds. The van der Waals surface area contributed by atoms with E-state index in [2.05, 4.69) is 10.4 Å². The average Bonchev–Trinajstić information content (AvgIpc) is 0.722. The molecule has 0 rings (SSSR count). The zero-order valence-corrected chi connectivity index (χ0v) is 8.56. The molecule has 40 valence electrons. The summed E-state index contributed by atoms with van der Waals surface area (Å²) in [5.41, 5.74) is 0. The maximum absolute atomic E-state index is 7.62. The van der Waals surface area contributed by atoms with Gasteiger partial charge in [0, 0.05) is 0 Å². The van der Waals surface area contributed by atoms with Gasteiger partial charge in [-0.05, 0) is 0 Å². The molecule has 0 aromatic carbocycles. The van der Waals surface area contributed by atoms with Crippen LogP contribution in [0.25, 0.3) is 0 Å². The molecule has 0 saturated carbocycles. The van der Waals surface area contributed by atoms with E-state index in [4.69, 9.17) is 12.3 Å². The first-order chi connectivity index (χ1) is 2.00. The fourth-order valence-electron chi connectivity index (χ4n) is 0. The van der Waals surface area contributed by atoms with Crippen LogP contribution in [0.2, 0.25) is 0 Å². The van der Waals surface area contributed by atoms with Gasteiger partial charge >= 0.3 is 53.5 Å². The van der Waals surface area contributed by atoms with Gasteiger partial charge in [-0.25, -0.2) is 0 Å². The minimum atomic E-state index is -4.29. The van der Waals surface area contributed by atoms with Gasteiger partial charge in [-0.2, -0.15) is 0 Å². The second kappa shape index (κ2) is 3.25. The average molecular weight is 236 g/mol. The van der Waals surface area contributed by atoms with Crippen molar-refractivity contribution in [1.29, 1.82) is 0 Å². The summed E-state index contributed by atoms with van der Waals surface area (Å²) in [6.07, 6.45) is 0. The molecule has 3 N–H and O–H groups in total. The molecule has 3 nitrogen and oxygen atoms in total. The van der Waals surface area contributed by atoms with Gasteiger partial charge in [0.2, 0.25) is 0 Å². The van der Waals surface area contributed by atoms with Gasteiger partial charge in [0.1, 0.15) is 0 Å². The Bertz CT molecular complexity index is 54.9. The molecule has 1 unspecified atom stereocenters. The molecule has 0 radical (unpaired) electrons. The van der Waals surface area contributed by atoms with E-state index in [0.717, 1.165) is 0 Å². The monoisotopic (exact) mass is 236 g/mol. The van der Waals surface area contributed by atoms with Crippen molar-refractivity contribution >= 4 is 41.2 Å². The summed E-state index contributed by atoms with van der Waals surface area (Å²) >= 11 is -4.29. The number of hydrogen-bond acceptors (Lipinski definition) is 1. The van der Waals surface area contributed by atoms with Crippen LogP contribution in [0.5, 0.6) is 0 Å². The SMILES string of the molecule is O[As](O)(O)=S.[AsH3]. The summed E-state index contributed by atoms with van der Waals surface area (Å²) in [5.74, 6) is 0. The second-order valence-electron chi connectivity index (χ2n) is 0.513. The van der Waals surface area contributed by atoms with Gasteiger partial charge < -0.3 is 0 Å². The fraction of sp³-hybridized carbons (Fsp3) is 0. The molecule has 0 spiro atoms. The third-order valence-electron chi connectivity index (χ3n) is 0. The van der Waals surface area contributed by atoms with Crippen LogP contribution in [0, 0.1) is 0 Å². The molecule has 0 fully saturated rings. The van der Waals surface area contributed by atoms with Crippen molar-refractivity contribution in [3.63, 3.8) is 0 Å². The van der Waals surface area contributed by atoms with Crippen molar-refractivity contribution in [3.05, 3.63) is 0 Å². The van der Waals surface area contributed by atoms with Crippen LogP contribution in [0.4, 0.5) is 0 Å². The zero-order chi connectivity index (χ0) is 4.50. The standard InChI is InChI=1S/AsH3O3S.AsH3/c2-1(3,4)5;/h(H3,2,3,4,5);1H3. The van der Waals surface area contributed by atoms with Crippen molar-refractivity contribution in [2.24, 2.45) is 0 Å². The van der Waals surface area contributed by atoms with Crippen molar-refractivity contribution < 1.29 is 12.3 Å². The van der Waals surface area contributed by atoms with E-state index in [9.17, 15) is 0 Å². The van der Waals surface area contributed by atoms with E-state index in [1.165, 1.54) is 0 Å². The zero-order valence-electron chi connectivity index (χ0n) is 2.90. The molecule has 0 saturated heterocycles. The van der Waals surface area contributed by atoms with Gasteiger partial charge in [-0.15, -0.1) is 0 Å². The molecule has 1 atom stereocenters. The van der Waals surface area contributed by atoms with Crippen LogP contribution in [0.15, 0.2) is 0 Å². The first-order valence-corrected chi connectivity index (χ1v) is 5.96. The second-order valence-corrected chi connectivity index (χ2v) is 5.21. The maximum atomic E-state index is 7.62. The number of hydrogen-bond donors (Lipinski definition) is 3. The topological polar surface area (TPSA) is 60.7 Å². The van der Waals surface area contributed by atoms with Crippen LogP contribution in [0.1, 0.15) is 0 Å². The van der Waals surface area contributed by atoms with Gasteiger partial charge in [0.05, 0.1) is 0 Å². The summed E-state index contributed by atoms with van der Waals surface area (Å²) in [5, 5.41) is 0. The third kappa shape index (κ3) is 62.6. The van der Waals surface area contributed by atoms with Gasteiger partial charge in [-0.1, -0.05) is 0 Å². The Morgan fingerprint density at radius 2 is 1.17 bits per heavy atom. The molecular weight excluding hydrogens is 230 g/mol. The molecule has 0 bridgehead atoms. The molecule has 0 aliphatic carbocycles. The van der Waals surface area contributed by atoms with Gasteiger partial charge in [0.15, 0.2) is 0 Å². The van der Waals surface area contributed by atoms with Crippen LogP contribution < -0.4 is 0 Å². The molecule has 0 aliphatic rings. The summed E-state index contributed by atoms with van der Waals surface area (Å²) < 4.78 is 22.9.